The molecule has 4 rings (SSSR count). The number of sulfonamides is 1. The van der Waals surface area contributed by atoms with Gasteiger partial charge in [-0.15, -0.1) is 0 Å². The van der Waals surface area contributed by atoms with Crippen LogP contribution in [0.3, 0.4) is 0 Å². The van der Waals surface area contributed by atoms with Crippen molar-refractivity contribution in [2.75, 3.05) is 20.2 Å². The van der Waals surface area contributed by atoms with E-state index in [0.29, 0.717) is 37.4 Å². The lowest BCUT2D eigenvalue weighted by atomic mass is 9.77. The number of methoxy groups -OCH3 is 1. The molecule has 0 radical (unpaired) electrons. The summed E-state index contributed by atoms with van der Waals surface area (Å²) in [5.74, 6) is -1.02. The van der Waals surface area contributed by atoms with E-state index in [9.17, 15) is 22.8 Å². The van der Waals surface area contributed by atoms with Crippen molar-refractivity contribution in [3.05, 3.63) is 28.7 Å². The molecule has 2 fully saturated rings. The maximum atomic E-state index is 12.8. The maximum absolute atomic E-state index is 12.8. The molecule has 10 nitrogen and oxygen atoms in total. The Balaban J connectivity index is 1.49. The number of aryl methyl sites for hydroxylation is 1. The number of benzene rings is 1. The van der Waals surface area contributed by atoms with Gasteiger partial charge in [-0.1, -0.05) is 6.92 Å². The topological polar surface area (TPSA) is 128 Å². The zero-order chi connectivity index (χ0) is 24.5. The number of nitrogens with zero attached hydrogens (tertiary/aromatic N) is 2. The van der Waals surface area contributed by atoms with Crippen LogP contribution in [0.2, 0.25) is 0 Å². The minimum absolute atomic E-state index is 0.0313. The summed E-state index contributed by atoms with van der Waals surface area (Å²) in [4.78, 5) is 37.7. The minimum atomic E-state index is -3.64. The summed E-state index contributed by atoms with van der Waals surface area (Å²) in [5, 5.41) is 2.85. The van der Waals surface area contributed by atoms with Crippen molar-refractivity contribution in [2.45, 2.75) is 68.8 Å². The second-order valence-corrected chi connectivity index (χ2v) is 11.3. The number of hydrogen-bond acceptors (Lipinski definition) is 7. The van der Waals surface area contributed by atoms with Gasteiger partial charge in [-0.3, -0.25) is 9.36 Å². The van der Waals surface area contributed by atoms with Gasteiger partial charge in [0.25, 0.3) is 0 Å². The van der Waals surface area contributed by atoms with Crippen LogP contribution in [-0.4, -0.2) is 54.9 Å². The number of oxazole rings is 1. The highest BCUT2D eigenvalue weighted by atomic mass is 32.2. The predicted octanol–water partition coefficient (Wildman–Crippen LogP) is 2.01. The molecule has 2 heterocycles. The third kappa shape index (κ3) is 4.63. The molecule has 0 atom stereocenters. The van der Waals surface area contributed by atoms with Crippen LogP contribution in [0.1, 0.15) is 51.9 Å². The van der Waals surface area contributed by atoms with Crippen molar-refractivity contribution in [3.63, 3.8) is 0 Å². The zero-order valence-electron chi connectivity index (χ0n) is 19.5. The summed E-state index contributed by atoms with van der Waals surface area (Å²) >= 11 is 0. The molecule has 1 aromatic carbocycles. The second kappa shape index (κ2) is 9.53. The molecular weight excluding hydrogens is 462 g/mol. The number of fused-ring (bicyclic) bond motifs is 1. The van der Waals surface area contributed by atoms with Crippen LogP contribution in [0.5, 0.6) is 0 Å². The normalized spacial score (nSPS) is 23.8. The van der Waals surface area contributed by atoms with Gasteiger partial charge in [0.15, 0.2) is 5.58 Å². The van der Waals surface area contributed by atoms with Crippen LogP contribution in [-0.2, 0) is 30.9 Å². The highest BCUT2D eigenvalue weighted by Crippen LogP contribution is 2.33. The van der Waals surface area contributed by atoms with Crippen LogP contribution in [0, 0.1) is 5.92 Å². The highest BCUT2D eigenvalue weighted by molar-refractivity contribution is 7.89. The molecule has 34 heavy (non-hydrogen) atoms. The first kappa shape index (κ1) is 24.5. The quantitative estimate of drug-likeness (QED) is 0.584. The molecule has 1 N–H and O–H groups in total. The fraction of sp³-hybridized carbons (Fsp3) is 0.609. The summed E-state index contributed by atoms with van der Waals surface area (Å²) in [5.41, 5.74) is -0.481. The Hall–Kier alpha value is -2.66. The lowest BCUT2D eigenvalue weighted by molar-refractivity contribution is -0.153. The molecule has 0 unspecified atom stereocenters. The molecule has 186 valence electrons. The van der Waals surface area contributed by atoms with E-state index >= 15 is 0 Å². The number of hydrogen-bond donors (Lipinski definition) is 1. The lowest BCUT2D eigenvalue weighted by Gasteiger charge is -2.37. The van der Waals surface area contributed by atoms with Gasteiger partial charge in [-0.25, -0.2) is 18.0 Å². The standard InChI is InChI=1S/C23H31N3O7S/c1-16-7-10-23(11-8-16,21(28)32-2)24-20(27)9-14-26-18-6-5-17(15-19(18)33-22(26)29)34(30,31)25-12-3-4-13-25/h5-6,15-16H,3-4,7-14H2,1-2H3,(H,24,27). The van der Waals surface area contributed by atoms with Crippen LogP contribution in [0.4, 0.5) is 0 Å². The monoisotopic (exact) mass is 493 g/mol. The Bertz CT molecular complexity index is 1230. The number of esters is 1. The average molecular weight is 494 g/mol. The second-order valence-electron chi connectivity index (χ2n) is 9.31. The first-order valence-corrected chi connectivity index (χ1v) is 13.1. The Morgan fingerprint density at radius 1 is 1.21 bits per heavy atom. The van der Waals surface area contributed by atoms with Crippen LogP contribution in [0.25, 0.3) is 11.1 Å². The van der Waals surface area contributed by atoms with Gasteiger partial charge in [0.1, 0.15) is 5.54 Å². The van der Waals surface area contributed by atoms with Crippen LogP contribution < -0.4 is 11.1 Å². The van der Waals surface area contributed by atoms with E-state index in [1.807, 2.05) is 0 Å². The minimum Gasteiger partial charge on any atom is -0.467 e. The average Bonchev–Trinajstić information content (AvgIpc) is 3.46. The maximum Gasteiger partial charge on any atom is 0.419 e. The number of carbonyl (C=O) groups excluding carboxylic acids is 2. The summed E-state index contributed by atoms with van der Waals surface area (Å²) in [6.07, 6.45) is 4.24. The van der Waals surface area contributed by atoms with E-state index in [4.69, 9.17) is 9.15 Å². The smallest absolute Gasteiger partial charge is 0.419 e. The SMILES string of the molecule is COC(=O)C1(NC(=O)CCn2c(=O)oc3cc(S(=O)(=O)N4CCCC4)ccc32)CCC(C)CC1. The van der Waals surface area contributed by atoms with E-state index in [-0.39, 0.29) is 29.4 Å². The van der Waals surface area contributed by atoms with Crippen molar-refractivity contribution in [2.24, 2.45) is 5.92 Å². The van der Waals surface area contributed by atoms with Gasteiger partial charge in [-0.2, -0.15) is 4.31 Å². The molecule has 1 amide bonds. The largest absolute Gasteiger partial charge is 0.467 e. The fourth-order valence-corrected chi connectivity index (χ4v) is 6.40. The van der Waals surface area contributed by atoms with Gasteiger partial charge < -0.3 is 14.5 Å². The molecule has 1 aliphatic heterocycles. The number of aromatic nitrogens is 1. The summed E-state index contributed by atoms with van der Waals surface area (Å²) in [6, 6.07) is 4.34. The van der Waals surface area contributed by atoms with E-state index in [1.165, 1.54) is 34.2 Å². The van der Waals surface area contributed by atoms with E-state index in [2.05, 4.69) is 12.2 Å². The Morgan fingerprint density at radius 2 is 1.88 bits per heavy atom. The Kier molecular flexibility index (Phi) is 6.86. The first-order valence-electron chi connectivity index (χ1n) is 11.7. The summed E-state index contributed by atoms with van der Waals surface area (Å²) < 4.78 is 38.6. The van der Waals surface area contributed by atoms with Crippen molar-refractivity contribution in [3.8, 4) is 0 Å². The Morgan fingerprint density at radius 3 is 2.53 bits per heavy atom. The van der Waals surface area contributed by atoms with Crippen molar-refractivity contribution < 1.29 is 27.2 Å². The van der Waals surface area contributed by atoms with Crippen LogP contribution in [0.15, 0.2) is 32.3 Å². The first-order chi connectivity index (χ1) is 16.2. The van der Waals surface area contributed by atoms with Crippen molar-refractivity contribution in [1.82, 2.24) is 14.2 Å². The third-order valence-electron chi connectivity index (χ3n) is 6.99. The number of rotatable bonds is 7. The molecule has 0 spiro atoms. The molecule has 11 heteroatoms. The zero-order valence-corrected chi connectivity index (χ0v) is 20.4. The number of carbonyl (C=O) groups is 2. The molecular formula is C23H31N3O7S. The number of amides is 1. The van der Waals surface area contributed by atoms with Crippen molar-refractivity contribution in [1.29, 1.82) is 0 Å². The van der Waals surface area contributed by atoms with Gasteiger partial charge in [-0.05, 0) is 56.6 Å². The molecule has 2 aromatic rings. The van der Waals surface area contributed by atoms with Gasteiger partial charge in [0.2, 0.25) is 15.9 Å². The van der Waals surface area contributed by atoms with E-state index in [0.717, 1.165) is 25.7 Å². The fourth-order valence-electron chi connectivity index (χ4n) is 4.87. The molecule has 2 aliphatic rings. The van der Waals surface area contributed by atoms with Gasteiger partial charge >= 0.3 is 11.7 Å². The third-order valence-corrected chi connectivity index (χ3v) is 8.88. The van der Waals surface area contributed by atoms with Gasteiger partial charge in [0.05, 0.1) is 17.5 Å². The highest BCUT2D eigenvalue weighted by Gasteiger charge is 2.43. The van der Waals surface area contributed by atoms with E-state index in [1.54, 1.807) is 0 Å². The van der Waals surface area contributed by atoms with Crippen molar-refractivity contribution >= 4 is 33.0 Å². The number of ether oxygens (including phenoxy) is 1. The molecule has 1 aliphatic carbocycles. The predicted molar refractivity (Wildman–Crippen MR) is 124 cm³/mol. The summed E-state index contributed by atoms with van der Waals surface area (Å²) in [7, 11) is -2.33. The Labute approximate surface area is 198 Å². The number of nitrogens with one attached hydrogen (secondary N) is 1. The lowest BCUT2D eigenvalue weighted by Crippen LogP contribution is -2.56. The summed E-state index contributed by atoms with van der Waals surface area (Å²) in [6.45, 7) is 3.10. The molecule has 1 saturated heterocycles. The van der Waals surface area contributed by atoms with Gasteiger partial charge in [0, 0.05) is 32.1 Å². The molecule has 0 bridgehead atoms. The molecule has 1 saturated carbocycles. The molecule has 1 aromatic heterocycles. The van der Waals surface area contributed by atoms with Crippen LogP contribution >= 0.6 is 0 Å². The van der Waals surface area contributed by atoms with E-state index < -0.39 is 27.3 Å².